The second-order valence-electron chi connectivity index (χ2n) is 4.23. The standard InChI is InChI=1S/C12H14BrF2NO/c13-8-1-2-9(14)10(11(8)15)12(16)7-3-5-17-6-4-7/h1-2,7,12H,3-6,16H2/t12-/m0/s1. The maximum Gasteiger partial charge on any atom is 0.145 e. The molecule has 17 heavy (non-hydrogen) atoms. The average molecular weight is 306 g/mol. The Morgan fingerprint density at radius 1 is 1.29 bits per heavy atom. The summed E-state index contributed by atoms with van der Waals surface area (Å²) >= 11 is 3.05. The van der Waals surface area contributed by atoms with Gasteiger partial charge in [0.05, 0.1) is 4.47 Å². The van der Waals surface area contributed by atoms with Crippen LogP contribution in [0, 0.1) is 17.6 Å². The molecule has 0 unspecified atom stereocenters. The fourth-order valence-corrected chi connectivity index (χ4v) is 2.50. The van der Waals surface area contributed by atoms with Gasteiger partial charge in [0, 0.05) is 24.8 Å². The Kier molecular flexibility index (Phi) is 4.12. The fourth-order valence-electron chi connectivity index (χ4n) is 2.16. The highest BCUT2D eigenvalue weighted by atomic mass is 79.9. The van der Waals surface area contributed by atoms with Gasteiger partial charge in [0.25, 0.3) is 0 Å². The van der Waals surface area contributed by atoms with Crippen LogP contribution in [0.4, 0.5) is 8.78 Å². The zero-order valence-corrected chi connectivity index (χ0v) is 10.8. The molecule has 0 amide bonds. The van der Waals surface area contributed by atoms with Gasteiger partial charge in [-0.25, -0.2) is 8.78 Å². The number of rotatable bonds is 2. The van der Waals surface area contributed by atoms with Gasteiger partial charge in [0.2, 0.25) is 0 Å². The van der Waals surface area contributed by atoms with Crippen molar-refractivity contribution in [3.8, 4) is 0 Å². The van der Waals surface area contributed by atoms with Gasteiger partial charge in [-0.15, -0.1) is 0 Å². The minimum absolute atomic E-state index is 0.0220. The summed E-state index contributed by atoms with van der Waals surface area (Å²) in [5.74, 6) is -1.10. The van der Waals surface area contributed by atoms with E-state index in [4.69, 9.17) is 10.5 Å². The molecular formula is C12H14BrF2NO. The second kappa shape index (κ2) is 5.42. The molecule has 0 spiro atoms. The van der Waals surface area contributed by atoms with Crippen LogP contribution in [0.25, 0.3) is 0 Å². The van der Waals surface area contributed by atoms with E-state index < -0.39 is 17.7 Å². The lowest BCUT2D eigenvalue weighted by molar-refractivity contribution is 0.0575. The predicted octanol–water partition coefficient (Wildman–Crippen LogP) is 3.15. The van der Waals surface area contributed by atoms with Crippen LogP contribution in [0.15, 0.2) is 16.6 Å². The largest absolute Gasteiger partial charge is 0.381 e. The molecule has 1 aliphatic heterocycles. The van der Waals surface area contributed by atoms with Crippen LogP contribution in [-0.4, -0.2) is 13.2 Å². The first-order valence-corrected chi connectivity index (χ1v) is 6.37. The van der Waals surface area contributed by atoms with E-state index in [1.165, 1.54) is 12.1 Å². The molecule has 1 saturated heterocycles. The zero-order chi connectivity index (χ0) is 12.4. The Hall–Kier alpha value is -0.520. The third kappa shape index (κ3) is 2.67. The van der Waals surface area contributed by atoms with Crippen molar-refractivity contribution < 1.29 is 13.5 Å². The van der Waals surface area contributed by atoms with E-state index in [9.17, 15) is 8.78 Å². The summed E-state index contributed by atoms with van der Waals surface area (Å²) < 4.78 is 33.0. The SMILES string of the molecule is N[C@H](c1c(F)ccc(Br)c1F)C1CCOCC1. The van der Waals surface area contributed by atoms with E-state index >= 15 is 0 Å². The molecule has 5 heteroatoms. The van der Waals surface area contributed by atoms with Gasteiger partial charge in [-0.05, 0) is 46.8 Å². The van der Waals surface area contributed by atoms with Crippen molar-refractivity contribution in [2.24, 2.45) is 11.7 Å². The van der Waals surface area contributed by atoms with Crippen LogP contribution in [0.5, 0.6) is 0 Å². The summed E-state index contributed by atoms with van der Waals surface area (Å²) in [6, 6.07) is 1.98. The number of nitrogens with two attached hydrogens (primary N) is 1. The number of ether oxygens (including phenoxy) is 1. The molecular weight excluding hydrogens is 292 g/mol. The topological polar surface area (TPSA) is 35.2 Å². The fraction of sp³-hybridized carbons (Fsp3) is 0.500. The van der Waals surface area contributed by atoms with Crippen LogP contribution >= 0.6 is 15.9 Å². The van der Waals surface area contributed by atoms with Crippen molar-refractivity contribution in [3.05, 3.63) is 33.8 Å². The summed E-state index contributed by atoms with van der Waals surface area (Å²) in [6.07, 6.45) is 1.49. The van der Waals surface area contributed by atoms with Crippen molar-refractivity contribution in [2.75, 3.05) is 13.2 Å². The Labute approximate surface area is 107 Å². The number of hydrogen-bond donors (Lipinski definition) is 1. The molecule has 0 aliphatic carbocycles. The van der Waals surface area contributed by atoms with Gasteiger partial charge in [-0.3, -0.25) is 0 Å². The second-order valence-corrected chi connectivity index (χ2v) is 5.09. The van der Waals surface area contributed by atoms with Gasteiger partial charge in [0.15, 0.2) is 0 Å². The van der Waals surface area contributed by atoms with Gasteiger partial charge in [-0.2, -0.15) is 0 Å². The molecule has 1 aliphatic rings. The van der Waals surface area contributed by atoms with Crippen molar-refractivity contribution in [2.45, 2.75) is 18.9 Å². The highest BCUT2D eigenvalue weighted by Gasteiger charge is 2.27. The molecule has 0 saturated carbocycles. The first-order chi connectivity index (χ1) is 8.11. The predicted molar refractivity (Wildman–Crippen MR) is 64.5 cm³/mol. The summed E-state index contributed by atoms with van der Waals surface area (Å²) in [5, 5.41) is 0. The summed E-state index contributed by atoms with van der Waals surface area (Å²) in [6.45, 7) is 1.21. The van der Waals surface area contributed by atoms with Crippen molar-refractivity contribution >= 4 is 15.9 Å². The maximum absolute atomic E-state index is 13.9. The lowest BCUT2D eigenvalue weighted by Crippen LogP contribution is -2.29. The maximum atomic E-state index is 13.9. The van der Waals surface area contributed by atoms with Crippen molar-refractivity contribution in [3.63, 3.8) is 0 Å². The van der Waals surface area contributed by atoms with E-state index in [2.05, 4.69) is 15.9 Å². The van der Waals surface area contributed by atoms with Crippen LogP contribution in [-0.2, 0) is 4.74 Å². The Morgan fingerprint density at radius 2 is 1.94 bits per heavy atom. The molecule has 1 aromatic rings. The lowest BCUT2D eigenvalue weighted by atomic mass is 9.87. The first-order valence-electron chi connectivity index (χ1n) is 5.58. The molecule has 1 atom stereocenters. The molecule has 1 fully saturated rings. The Balaban J connectivity index is 2.29. The highest BCUT2D eigenvalue weighted by molar-refractivity contribution is 9.10. The number of hydrogen-bond acceptors (Lipinski definition) is 2. The molecule has 1 heterocycles. The third-order valence-corrected chi connectivity index (χ3v) is 3.80. The van der Waals surface area contributed by atoms with E-state index in [1.807, 2.05) is 0 Å². The first kappa shape index (κ1) is 12.9. The summed E-state index contributed by atoms with van der Waals surface area (Å²) in [4.78, 5) is 0. The zero-order valence-electron chi connectivity index (χ0n) is 9.26. The highest BCUT2D eigenvalue weighted by Crippen LogP contribution is 2.33. The smallest absolute Gasteiger partial charge is 0.145 e. The molecule has 94 valence electrons. The quantitative estimate of drug-likeness (QED) is 0.852. The van der Waals surface area contributed by atoms with Crippen LogP contribution in [0.1, 0.15) is 24.4 Å². The van der Waals surface area contributed by atoms with Crippen LogP contribution in [0.3, 0.4) is 0 Å². The van der Waals surface area contributed by atoms with E-state index in [-0.39, 0.29) is 16.0 Å². The van der Waals surface area contributed by atoms with Crippen molar-refractivity contribution in [1.82, 2.24) is 0 Å². The minimum Gasteiger partial charge on any atom is -0.381 e. The average Bonchev–Trinajstić information content (AvgIpc) is 2.35. The molecule has 2 N–H and O–H groups in total. The van der Waals surface area contributed by atoms with Crippen molar-refractivity contribution in [1.29, 1.82) is 0 Å². The molecule has 2 rings (SSSR count). The van der Waals surface area contributed by atoms with Gasteiger partial charge in [0.1, 0.15) is 11.6 Å². The number of benzene rings is 1. The van der Waals surface area contributed by atoms with Gasteiger partial charge < -0.3 is 10.5 Å². The van der Waals surface area contributed by atoms with E-state index in [0.29, 0.717) is 13.2 Å². The molecule has 1 aromatic carbocycles. The van der Waals surface area contributed by atoms with E-state index in [1.54, 1.807) is 0 Å². The lowest BCUT2D eigenvalue weighted by Gasteiger charge is -2.28. The Bertz CT molecular complexity index is 408. The van der Waals surface area contributed by atoms with Crippen LogP contribution in [0.2, 0.25) is 0 Å². The third-order valence-electron chi connectivity index (χ3n) is 3.19. The number of halogens is 3. The molecule has 2 nitrogen and oxygen atoms in total. The molecule has 0 aromatic heterocycles. The normalized spacial score (nSPS) is 19.3. The van der Waals surface area contributed by atoms with E-state index in [0.717, 1.165) is 12.8 Å². The molecule has 0 bridgehead atoms. The van der Waals surface area contributed by atoms with Gasteiger partial charge >= 0.3 is 0 Å². The summed E-state index contributed by atoms with van der Waals surface area (Å²) in [7, 11) is 0. The van der Waals surface area contributed by atoms with Gasteiger partial charge in [-0.1, -0.05) is 0 Å². The monoisotopic (exact) mass is 305 g/mol. The van der Waals surface area contributed by atoms with Crippen LogP contribution < -0.4 is 5.73 Å². The Morgan fingerprint density at radius 3 is 2.59 bits per heavy atom. The minimum atomic E-state index is -0.614. The molecule has 0 radical (unpaired) electrons. The summed E-state index contributed by atoms with van der Waals surface area (Å²) in [5.41, 5.74) is 5.96.